The zero-order valence-electron chi connectivity index (χ0n) is 16.8. The third kappa shape index (κ3) is 5.36. The minimum atomic E-state index is -0.491. The van der Waals surface area contributed by atoms with E-state index in [4.69, 9.17) is 10.3 Å². The number of halogens is 1. The summed E-state index contributed by atoms with van der Waals surface area (Å²) in [7, 11) is 0. The molecule has 4 rings (SSSR count). The first-order chi connectivity index (χ1) is 15.0. The Balaban J connectivity index is 1.28. The van der Waals surface area contributed by atoms with Gasteiger partial charge >= 0.3 is 0 Å². The Morgan fingerprint density at radius 1 is 1.16 bits per heavy atom. The number of rotatable bonds is 6. The number of nitrogens with zero attached hydrogens (tertiary/aromatic N) is 3. The maximum Gasteiger partial charge on any atom is 0.248 e. The monoisotopic (exact) mass is 483 g/mol. The first kappa shape index (κ1) is 21.2. The first-order valence-electron chi connectivity index (χ1n) is 9.99. The van der Waals surface area contributed by atoms with Crippen LogP contribution in [0.4, 0.5) is 5.69 Å². The van der Waals surface area contributed by atoms with Crippen LogP contribution in [0.3, 0.4) is 0 Å². The van der Waals surface area contributed by atoms with Crippen molar-refractivity contribution in [2.24, 2.45) is 11.7 Å². The summed E-state index contributed by atoms with van der Waals surface area (Å²) >= 11 is 3.45. The number of aromatic nitrogens is 2. The molecule has 1 fully saturated rings. The smallest absolute Gasteiger partial charge is 0.248 e. The van der Waals surface area contributed by atoms with Gasteiger partial charge in [0, 0.05) is 27.2 Å². The van der Waals surface area contributed by atoms with Crippen LogP contribution in [0.25, 0.3) is 11.4 Å². The number of anilines is 1. The molecule has 0 atom stereocenters. The molecule has 0 bridgehead atoms. The van der Waals surface area contributed by atoms with Crippen molar-refractivity contribution in [1.82, 2.24) is 15.0 Å². The average molecular weight is 484 g/mol. The van der Waals surface area contributed by atoms with Crippen LogP contribution in [0.5, 0.6) is 0 Å². The van der Waals surface area contributed by atoms with Gasteiger partial charge in [-0.15, -0.1) is 0 Å². The third-order valence-corrected chi connectivity index (χ3v) is 5.80. The summed E-state index contributed by atoms with van der Waals surface area (Å²) in [5.41, 5.74) is 7.20. The highest BCUT2D eigenvalue weighted by Crippen LogP contribution is 2.23. The van der Waals surface area contributed by atoms with E-state index in [0.29, 0.717) is 29.5 Å². The molecule has 0 spiro atoms. The Hall–Kier alpha value is -3.04. The molecule has 2 aromatic carbocycles. The van der Waals surface area contributed by atoms with Gasteiger partial charge in [-0.3, -0.25) is 14.5 Å². The Kier molecular flexibility index (Phi) is 6.43. The van der Waals surface area contributed by atoms with Crippen LogP contribution in [-0.2, 0) is 11.3 Å². The van der Waals surface area contributed by atoms with Crippen molar-refractivity contribution in [3.63, 3.8) is 0 Å². The van der Waals surface area contributed by atoms with Crippen LogP contribution in [0.15, 0.2) is 57.5 Å². The zero-order chi connectivity index (χ0) is 21.8. The molecule has 2 amide bonds. The number of carbonyl (C=O) groups excluding carboxylic acids is 2. The highest BCUT2D eigenvalue weighted by molar-refractivity contribution is 9.10. The summed E-state index contributed by atoms with van der Waals surface area (Å²) in [4.78, 5) is 30.4. The fourth-order valence-corrected chi connectivity index (χ4v) is 3.97. The average Bonchev–Trinajstić information content (AvgIpc) is 3.23. The van der Waals surface area contributed by atoms with Gasteiger partial charge in [-0.05, 0) is 62.3 Å². The van der Waals surface area contributed by atoms with E-state index in [2.05, 4.69) is 36.3 Å². The van der Waals surface area contributed by atoms with Crippen LogP contribution >= 0.6 is 15.9 Å². The molecule has 1 aromatic heterocycles. The molecule has 3 aromatic rings. The molecule has 0 unspecified atom stereocenters. The summed E-state index contributed by atoms with van der Waals surface area (Å²) in [5, 5.41) is 6.99. The first-order valence-corrected chi connectivity index (χ1v) is 10.8. The van der Waals surface area contributed by atoms with Crippen molar-refractivity contribution in [2.45, 2.75) is 19.4 Å². The molecule has 9 heteroatoms. The fraction of sp³-hybridized carbons (Fsp3) is 0.273. The molecule has 1 saturated heterocycles. The van der Waals surface area contributed by atoms with Gasteiger partial charge in [-0.1, -0.05) is 33.2 Å². The van der Waals surface area contributed by atoms with Gasteiger partial charge in [0.05, 0.1) is 6.54 Å². The van der Waals surface area contributed by atoms with Crippen molar-refractivity contribution in [3.05, 3.63) is 64.5 Å². The number of hydrogen-bond donors (Lipinski definition) is 2. The van der Waals surface area contributed by atoms with Crippen molar-refractivity contribution >= 4 is 33.4 Å². The van der Waals surface area contributed by atoms with Crippen molar-refractivity contribution in [3.8, 4) is 11.4 Å². The zero-order valence-corrected chi connectivity index (χ0v) is 18.3. The lowest BCUT2D eigenvalue weighted by molar-refractivity contribution is -0.121. The maximum atomic E-state index is 12.6. The van der Waals surface area contributed by atoms with Crippen LogP contribution in [0, 0.1) is 5.92 Å². The van der Waals surface area contributed by atoms with E-state index in [0.717, 1.165) is 36.0 Å². The summed E-state index contributed by atoms with van der Waals surface area (Å²) in [6, 6.07) is 14.3. The molecule has 3 N–H and O–H groups in total. The van der Waals surface area contributed by atoms with Gasteiger partial charge in [-0.2, -0.15) is 4.98 Å². The number of amides is 2. The standard InChI is InChI=1S/C22H22BrN5O3/c23-17-3-1-2-16(12-17)21-26-19(31-27-21)13-28-10-8-15(9-11-28)22(30)25-18-6-4-14(5-7-18)20(24)29/h1-7,12,15H,8-11,13H2,(H2,24,29)(H,25,30). The van der Waals surface area contributed by atoms with Crippen LogP contribution in [-0.4, -0.2) is 39.9 Å². The summed E-state index contributed by atoms with van der Waals surface area (Å²) in [6.45, 7) is 2.10. The molecule has 31 heavy (non-hydrogen) atoms. The number of nitrogens with one attached hydrogen (secondary N) is 1. The van der Waals surface area contributed by atoms with E-state index in [-0.39, 0.29) is 11.8 Å². The molecule has 160 valence electrons. The quantitative estimate of drug-likeness (QED) is 0.554. The van der Waals surface area contributed by atoms with E-state index < -0.39 is 5.91 Å². The van der Waals surface area contributed by atoms with Crippen LogP contribution in [0.2, 0.25) is 0 Å². The van der Waals surface area contributed by atoms with E-state index in [1.54, 1.807) is 24.3 Å². The van der Waals surface area contributed by atoms with Gasteiger partial charge in [0.2, 0.25) is 23.5 Å². The molecule has 2 heterocycles. The molecular weight excluding hydrogens is 462 g/mol. The SMILES string of the molecule is NC(=O)c1ccc(NC(=O)C2CCN(Cc3nc(-c4cccc(Br)c4)no3)CC2)cc1. The number of benzene rings is 2. The van der Waals surface area contributed by atoms with E-state index in [1.165, 1.54) is 0 Å². The lowest BCUT2D eigenvalue weighted by Gasteiger charge is -2.30. The van der Waals surface area contributed by atoms with Crippen LogP contribution < -0.4 is 11.1 Å². The largest absolute Gasteiger partial charge is 0.366 e. The molecular formula is C22H22BrN5O3. The highest BCUT2D eigenvalue weighted by Gasteiger charge is 2.26. The van der Waals surface area contributed by atoms with Crippen molar-refractivity contribution in [2.75, 3.05) is 18.4 Å². The Bertz CT molecular complexity index is 1070. The molecule has 1 aliphatic rings. The van der Waals surface area contributed by atoms with Gasteiger partial charge in [-0.25, -0.2) is 0 Å². The number of piperidine rings is 1. The van der Waals surface area contributed by atoms with Gasteiger partial charge in [0.1, 0.15) is 0 Å². The van der Waals surface area contributed by atoms with Crippen molar-refractivity contribution < 1.29 is 14.1 Å². The lowest BCUT2D eigenvalue weighted by Crippen LogP contribution is -2.37. The number of carbonyl (C=O) groups is 2. The number of likely N-dealkylation sites (tertiary alicyclic amines) is 1. The molecule has 0 saturated carbocycles. The number of nitrogens with two attached hydrogens (primary N) is 1. The normalized spacial score (nSPS) is 15.0. The maximum absolute atomic E-state index is 12.6. The Morgan fingerprint density at radius 3 is 2.58 bits per heavy atom. The molecule has 1 aliphatic heterocycles. The van der Waals surface area contributed by atoms with Crippen LogP contribution in [0.1, 0.15) is 29.1 Å². The minimum absolute atomic E-state index is 0.0128. The summed E-state index contributed by atoms with van der Waals surface area (Å²) in [5.74, 6) is 0.559. The topological polar surface area (TPSA) is 114 Å². The van der Waals surface area contributed by atoms with E-state index in [9.17, 15) is 9.59 Å². The minimum Gasteiger partial charge on any atom is -0.366 e. The molecule has 0 aliphatic carbocycles. The molecule has 0 radical (unpaired) electrons. The Labute approximate surface area is 187 Å². The molecule has 8 nitrogen and oxygen atoms in total. The lowest BCUT2D eigenvalue weighted by atomic mass is 9.96. The second-order valence-electron chi connectivity index (χ2n) is 7.50. The highest BCUT2D eigenvalue weighted by atomic mass is 79.9. The van der Waals surface area contributed by atoms with Crippen molar-refractivity contribution in [1.29, 1.82) is 0 Å². The van der Waals surface area contributed by atoms with E-state index >= 15 is 0 Å². The predicted molar refractivity (Wildman–Crippen MR) is 119 cm³/mol. The van der Waals surface area contributed by atoms with E-state index in [1.807, 2.05) is 24.3 Å². The third-order valence-electron chi connectivity index (χ3n) is 5.31. The van der Waals surface area contributed by atoms with Gasteiger partial charge in [0.15, 0.2) is 0 Å². The predicted octanol–water partition coefficient (Wildman–Crippen LogP) is 3.45. The number of primary amides is 1. The van der Waals surface area contributed by atoms with Gasteiger partial charge < -0.3 is 15.6 Å². The number of hydrogen-bond acceptors (Lipinski definition) is 6. The second kappa shape index (κ2) is 9.40. The summed E-state index contributed by atoms with van der Waals surface area (Å²) in [6.07, 6.45) is 1.50. The fourth-order valence-electron chi connectivity index (χ4n) is 3.57. The summed E-state index contributed by atoms with van der Waals surface area (Å²) < 4.78 is 6.37. The Morgan fingerprint density at radius 2 is 1.90 bits per heavy atom. The second-order valence-corrected chi connectivity index (χ2v) is 8.42. The van der Waals surface area contributed by atoms with Gasteiger partial charge in [0.25, 0.3) is 0 Å².